The van der Waals surface area contributed by atoms with Crippen LogP contribution < -0.4 is 0 Å². The Labute approximate surface area is 142 Å². The van der Waals surface area contributed by atoms with Crippen LogP contribution in [0.4, 0.5) is 17.6 Å². The number of ether oxygens (including phenoxy) is 1. The molecule has 1 unspecified atom stereocenters. The molecule has 0 aliphatic heterocycles. The Morgan fingerprint density at radius 1 is 1.32 bits per heavy atom. The minimum absolute atomic E-state index is 0.0167. The number of halogens is 4. The molecule has 0 fully saturated rings. The van der Waals surface area contributed by atoms with Gasteiger partial charge in [-0.1, -0.05) is 19.9 Å². The van der Waals surface area contributed by atoms with Crippen LogP contribution in [0.3, 0.4) is 0 Å². The van der Waals surface area contributed by atoms with E-state index in [0.29, 0.717) is 11.6 Å². The van der Waals surface area contributed by atoms with Crippen molar-refractivity contribution in [2.45, 2.75) is 32.0 Å². The second-order valence-electron chi connectivity index (χ2n) is 6.17. The number of hydrogen-bond donors (Lipinski definition) is 1. The van der Waals surface area contributed by atoms with Crippen LogP contribution in [0.5, 0.6) is 0 Å². The predicted octanol–water partition coefficient (Wildman–Crippen LogP) is 5.08. The van der Waals surface area contributed by atoms with Gasteiger partial charge in [-0.3, -0.25) is 0 Å². The molecular weight excluding hydrogens is 340 g/mol. The van der Waals surface area contributed by atoms with Crippen LogP contribution in [0.25, 0.3) is 0 Å². The largest absolute Gasteiger partial charge is 0.478 e. The number of benzene rings is 1. The van der Waals surface area contributed by atoms with Crippen LogP contribution in [0.2, 0.25) is 0 Å². The molecule has 0 amide bonds. The molecule has 136 valence electrons. The van der Waals surface area contributed by atoms with Gasteiger partial charge in [-0.25, -0.2) is 9.18 Å². The van der Waals surface area contributed by atoms with E-state index < -0.39 is 34.7 Å². The molecule has 7 heteroatoms. The van der Waals surface area contributed by atoms with E-state index in [1.165, 1.54) is 19.3 Å². The first-order chi connectivity index (χ1) is 11.5. The van der Waals surface area contributed by atoms with E-state index in [9.17, 15) is 27.5 Å². The number of aromatic carboxylic acids is 1. The highest BCUT2D eigenvalue weighted by atomic mass is 19.4. The number of carboxylic acid groups (broad SMARTS) is 1. The lowest BCUT2D eigenvalue weighted by Crippen LogP contribution is -2.31. The molecular formula is C18H18F4O3. The number of allylic oxidation sites excluding steroid dienone is 2. The van der Waals surface area contributed by atoms with Crippen molar-refractivity contribution in [3.05, 3.63) is 58.4 Å². The topological polar surface area (TPSA) is 46.5 Å². The minimum atomic E-state index is -4.67. The van der Waals surface area contributed by atoms with Crippen molar-refractivity contribution in [3.63, 3.8) is 0 Å². The quantitative estimate of drug-likeness (QED) is 0.763. The molecule has 1 aliphatic rings. The van der Waals surface area contributed by atoms with Gasteiger partial charge >= 0.3 is 12.1 Å². The van der Waals surface area contributed by atoms with Gasteiger partial charge in [-0.2, -0.15) is 13.2 Å². The van der Waals surface area contributed by atoms with E-state index in [2.05, 4.69) is 0 Å². The predicted molar refractivity (Wildman–Crippen MR) is 83.8 cm³/mol. The SMILES string of the molecule is COC1(c2ccc(C(F)(F)F)cc2C(=O)O)C=C(C(C)C)C(F)=CC1. The van der Waals surface area contributed by atoms with Crippen molar-refractivity contribution in [2.24, 2.45) is 5.92 Å². The van der Waals surface area contributed by atoms with E-state index in [1.54, 1.807) is 13.8 Å². The summed E-state index contributed by atoms with van der Waals surface area (Å²) in [4.78, 5) is 11.5. The van der Waals surface area contributed by atoms with Gasteiger partial charge in [0.25, 0.3) is 0 Å². The molecule has 0 bridgehead atoms. The van der Waals surface area contributed by atoms with Crippen molar-refractivity contribution in [3.8, 4) is 0 Å². The van der Waals surface area contributed by atoms with Crippen LogP contribution in [-0.4, -0.2) is 18.2 Å². The van der Waals surface area contributed by atoms with E-state index in [0.717, 1.165) is 12.1 Å². The number of carboxylic acids is 1. The number of hydrogen-bond acceptors (Lipinski definition) is 2. The highest BCUT2D eigenvalue weighted by Gasteiger charge is 2.39. The summed E-state index contributed by atoms with van der Waals surface area (Å²) in [6.45, 7) is 3.52. The van der Waals surface area contributed by atoms with Crippen LogP contribution in [-0.2, 0) is 16.5 Å². The zero-order valence-electron chi connectivity index (χ0n) is 13.9. The molecule has 1 N–H and O–H groups in total. The van der Waals surface area contributed by atoms with Crippen molar-refractivity contribution in [1.29, 1.82) is 0 Å². The normalized spacial score (nSPS) is 21.1. The molecule has 1 aliphatic carbocycles. The standard InChI is InChI=1S/C18H18F4O3/c1-10(2)13-9-17(25-3,7-6-15(13)19)14-5-4-11(18(20,21)22)8-12(14)16(23)24/h4-6,8-10H,7H2,1-3H3,(H,23,24). The summed E-state index contributed by atoms with van der Waals surface area (Å²) in [6.07, 6.45) is -1.96. The molecule has 1 aromatic rings. The second kappa shape index (κ2) is 6.63. The Bertz CT molecular complexity index is 747. The highest BCUT2D eigenvalue weighted by molar-refractivity contribution is 5.90. The van der Waals surface area contributed by atoms with Gasteiger partial charge < -0.3 is 9.84 Å². The average molecular weight is 358 g/mol. The van der Waals surface area contributed by atoms with Gasteiger partial charge in [-0.15, -0.1) is 0 Å². The first-order valence-electron chi connectivity index (χ1n) is 7.61. The summed E-state index contributed by atoms with van der Waals surface area (Å²) in [5.41, 5.74) is -2.55. The van der Waals surface area contributed by atoms with Crippen LogP contribution >= 0.6 is 0 Å². The molecule has 1 atom stereocenters. The summed E-state index contributed by atoms with van der Waals surface area (Å²) < 4.78 is 58.2. The van der Waals surface area contributed by atoms with Crippen molar-refractivity contribution in [2.75, 3.05) is 7.11 Å². The van der Waals surface area contributed by atoms with E-state index in [1.807, 2.05) is 0 Å². The molecule has 0 heterocycles. The van der Waals surface area contributed by atoms with Gasteiger partial charge in [-0.05, 0) is 35.8 Å². The van der Waals surface area contributed by atoms with Gasteiger partial charge in [0, 0.05) is 19.1 Å². The lowest BCUT2D eigenvalue weighted by Gasteiger charge is -2.34. The third-order valence-corrected chi connectivity index (χ3v) is 4.27. The maximum absolute atomic E-state index is 14.0. The first kappa shape index (κ1) is 19.2. The van der Waals surface area contributed by atoms with Crippen LogP contribution in [0.1, 0.15) is 41.8 Å². The third kappa shape index (κ3) is 3.61. The number of carbonyl (C=O) groups is 1. The Hall–Kier alpha value is -2.15. The maximum atomic E-state index is 14.0. The van der Waals surface area contributed by atoms with E-state index in [-0.39, 0.29) is 17.9 Å². The van der Waals surface area contributed by atoms with Gasteiger partial charge in [0.15, 0.2) is 0 Å². The second-order valence-corrected chi connectivity index (χ2v) is 6.17. The van der Waals surface area contributed by atoms with E-state index in [4.69, 9.17) is 4.74 Å². The zero-order chi connectivity index (χ0) is 19.0. The van der Waals surface area contributed by atoms with E-state index >= 15 is 0 Å². The zero-order valence-corrected chi connectivity index (χ0v) is 13.9. The molecule has 3 nitrogen and oxygen atoms in total. The summed E-state index contributed by atoms with van der Waals surface area (Å²) in [6, 6.07) is 2.47. The Morgan fingerprint density at radius 3 is 2.44 bits per heavy atom. The monoisotopic (exact) mass is 358 g/mol. The molecule has 0 saturated heterocycles. The Morgan fingerprint density at radius 2 is 1.96 bits per heavy atom. The van der Waals surface area contributed by atoms with Gasteiger partial charge in [0.2, 0.25) is 0 Å². The van der Waals surface area contributed by atoms with Gasteiger partial charge in [0.1, 0.15) is 11.4 Å². The average Bonchev–Trinajstić information content (AvgIpc) is 2.54. The minimum Gasteiger partial charge on any atom is -0.478 e. The number of rotatable bonds is 4. The number of methoxy groups -OCH3 is 1. The molecule has 0 spiro atoms. The van der Waals surface area contributed by atoms with Crippen LogP contribution in [0.15, 0.2) is 41.8 Å². The summed E-state index contributed by atoms with van der Waals surface area (Å²) in [7, 11) is 1.31. The summed E-state index contributed by atoms with van der Waals surface area (Å²) >= 11 is 0. The molecule has 0 aromatic heterocycles. The molecule has 25 heavy (non-hydrogen) atoms. The molecule has 0 radical (unpaired) electrons. The molecule has 0 saturated carbocycles. The lowest BCUT2D eigenvalue weighted by atomic mass is 9.79. The Kier molecular flexibility index (Phi) is 5.09. The van der Waals surface area contributed by atoms with Gasteiger partial charge in [0.05, 0.1) is 11.1 Å². The smallest absolute Gasteiger partial charge is 0.416 e. The lowest BCUT2D eigenvalue weighted by molar-refractivity contribution is -0.137. The number of alkyl halides is 3. The third-order valence-electron chi connectivity index (χ3n) is 4.27. The molecule has 1 aromatic carbocycles. The Balaban J connectivity index is 2.68. The van der Waals surface area contributed by atoms with Crippen LogP contribution in [0, 0.1) is 5.92 Å². The molecule has 2 rings (SSSR count). The summed E-state index contributed by atoms with van der Waals surface area (Å²) in [5, 5.41) is 9.39. The fourth-order valence-electron chi connectivity index (χ4n) is 2.89. The van der Waals surface area contributed by atoms with Crippen molar-refractivity contribution < 1.29 is 32.2 Å². The first-order valence-corrected chi connectivity index (χ1v) is 7.61. The van der Waals surface area contributed by atoms with Crippen molar-refractivity contribution >= 4 is 5.97 Å². The maximum Gasteiger partial charge on any atom is 0.416 e. The fraction of sp³-hybridized carbons (Fsp3) is 0.389. The van der Waals surface area contributed by atoms with Crippen molar-refractivity contribution in [1.82, 2.24) is 0 Å². The highest BCUT2D eigenvalue weighted by Crippen LogP contribution is 2.42. The summed E-state index contributed by atoms with van der Waals surface area (Å²) in [5.74, 6) is -2.15. The fourth-order valence-corrected chi connectivity index (χ4v) is 2.89.